The van der Waals surface area contributed by atoms with Gasteiger partial charge in [-0.1, -0.05) is 0 Å². The molecule has 0 unspecified atom stereocenters. The number of ether oxygens (including phenoxy) is 5. The van der Waals surface area contributed by atoms with E-state index >= 15 is 0 Å². The summed E-state index contributed by atoms with van der Waals surface area (Å²) in [5.74, 6) is -3.96. The zero-order chi connectivity index (χ0) is 46.7. The molecule has 2 saturated carbocycles. The van der Waals surface area contributed by atoms with Crippen LogP contribution in [0.2, 0.25) is 0 Å². The second-order valence-corrected chi connectivity index (χ2v) is 15.9. The van der Waals surface area contributed by atoms with Crippen LogP contribution in [0.3, 0.4) is 0 Å². The fraction of sp³-hybridized carbons (Fsp3) is 0.378. The molecular weight excluding hydrogens is 884 g/mol. The normalized spacial score (nSPS) is 15.9. The third-order valence-electron chi connectivity index (χ3n) is 11.1. The van der Waals surface area contributed by atoms with Gasteiger partial charge in [0.25, 0.3) is 17.7 Å². The fourth-order valence-electron chi connectivity index (χ4n) is 7.42. The maximum atomic E-state index is 13.4. The molecule has 0 radical (unpaired) electrons. The summed E-state index contributed by atoms with van der Waals surface area (Å²) in [7, 11) is 2.69. The highest BCUT2D eigenvalue weighted by atomic mass is 19.3. The number of likely N-dealkylation sites (tertiary alicyclic amines) is 1. The summed E-state index contributed by atoms with van der Waals surface area (Å²) >= 11 is 0. The van der Waals surface area contributed by atoms with Crippen molar-refractivity contribution in [1.29, 1.82) is 0 Å². The van der Waals surface area contributed by atoms with Crippen LogP contribution in [-0.4, -0.2) is 107 Å². The molecule has 9 rings (SSSR count). The van der Waals surface area contributed by atoms with Crippen molar-refractivity contribution in [2.45, 2.75) is 69.8 Å². The van der Waals surface area contributed by atoms with E-state index in [9.17, 15) is 40.3 Å². The Hall–Kier alpha value is -6.77. The van der Waals surface area contributed by atoms with Gasteiger partial charge in [-0.2, -0.15) is 17.6 Å². The quantitative estimate of drug-likeness (QED) is 0.0912. The first kappa shape index (κ1) is 45.8. The van der Waals surface area contributed by atoms with E-state index in [-0.39, 0.29) is 59.1 Å². The number of amides is 2. The van der Waals surface area contributed by atoms with E-state index in [0.29, 0.717) is 65.8 Å². The molecule has 1 aliphatic heterocycles. The number of rotatable bonds is 16. The van der Waals surface area contributed by atoms with Crippen molar-refractivity contribution >= 4 is 23.1 Å². The molecule has 4 aromatic heterocycles. The highest BCUT2D eigenvalue weighted by Gasteiger charge is 2.34. The third kappa shape index (κ3) is 10.8. The lowest BCUT2D eigenvalue weighted by Gasteiger charge is -2.31. The summed E-state index contributed by atoms with van der Waals surface area (Å²) in [6.07, 6.45) is 9.31. The summed E-state index contributed by atoms with van der Waals surface area (Å²) < 4.78 is 122. The largest absolute Gasteiger partial charge is 0.496 e. The lowest BCUT2D eigenvalue weighted by molar-refractivity contribution is -0.0565. The fourth-order valence-corrected chi connectivity index (χ4v) is 7.42. The lowest BCUT2D eigenvalue weighted by Crippen LogP contribution is -2.41. The molecular formula is C45H44F7N7O7. The number of halogens is 7. The number of carbonyl (C=O) groups excluding carboxylic acids is 2. The minimum Gasteiger partial charge on any atom is -0.496 e. The van der Waals surface area contributed by atoms with E-state index in [2.05, 4.69) is 25.3 Å². The number of fused-ring (bicyclic) bond motifs is 2. The van der Waals surface area contributed by atoms with Gasteiger partial charge in [0.05, 0.1) is 38.0 Å². The van der Waals surface area contributed by atoms with Gasteiger partial charge in [0, 0.05) is 80.2 Å². The molecule has 21 heteroatoms. The molecule has 1 saturated heterocycles. The number of imidazole rings is 2. The molecule has 2 N–H and O–H groups in total. The zero-order valence-corrected chi connectivity index (χ0v) is 35.5. The van der Waals surface area contributed by atoms with Crippen molar-refractivity contribution in [3.63, 3.8) is 0 Å². The van der Waals surface area contributed by atoms with E-state index < -0.39 is 36.8 Å². The Kier molecular flexibility index (Phi) is 13.4. The predicted molar refractivity (Wildman–Crippen MR) is 225 cm³/mol. The Labute approximate surface area is 372 Å². The molecule has 6 aromatic rings. The van der Waals surface area contributed by atoms with Crippen LogP contribution in [-0.2, 0) is 0 Å². The number of aromatic nitrogens is 4. The first-order valence-electron chi connectivity index (χ1n) is 21.0. The second kappa shape index (κ2) is 19.4. The number of nitrogens with zero attached hydrogens (tertiary/aromatic N) is 5. The van der Waals surface area contributed by atoms with Crippen molar-refractivity contribution in [3.8, 4) is 51.3 Å². The molecule has 3 fully saturated rings. The molecule has 0 atom stereocenters. The molecule has 0 bridgehead atoms. The number of carbonyl (C=O) groups is 2. The molecule has 2 aromatic carbocycles. The van der Waals surface area contributed by atoms with Crippen LogP contribution in [0.5, 0.6) is 28.7 Å². The Morgan fingerprint density at radius 3 is 1.65 bits per heavy atom. The number of hydrogen-bond acceptors (Lipinski definition) is 10. The standard InChI is InChI=1S/C26H28F4N4O4.C19H16F3N3O3/c1-36-20-12-16(13-21(38-25(27)28)23(20)24(35)32-17-2-3-17)19-15-31-22-14-18(4-7-34(19)22)37-11-10-33-8-5-26(29,30)6-9-33;1-27-14-6-10(13-9-23-16-8-11(20)4-5-25(13)16)7-15(28-19(21)22)17(14)18(26)24-12-2-3-12/h4,7,12-15,17,25H,2-3,5-6,8-11H2,1H3,(H,32,35);4-9,12,19H,2-3H2,1H3,(H,24,26). The van der Waals surface area contributed by atoms with Gasteiger partial charge in [-0.05, 0) is 62.1 Å². The van der Waals surface area contributed by atoms with E-state index in [4.69, 9.17) is 18.9 Å². The Morgan fingerprint density at radius 1 is 0.712 bits per heavy atom. The van der Waals surface area contributed by atoms with Crippen LogP contribution in [0.4, 0.5) is 30.7 Å². The van der Waals surface area contributed by atoms with Gasteiger partial charge >= 0.3 is 13.2 Å². The van der Waals surface area contributed by atoms with E-state index in [0.717, 1.165) is 25.7 Å². The van der Waals surface area contributed by atoms with E-state index in [1.54, 1.807) is 39.4 Å². The van der Waals surface area contributed by atoms with Gasteiger partial charge < -0.3 is 34.3 Å². The smallest absolute Gasteiger partial charge is 0.387 e. The Balaban J connectivity index is 0.000000188. The van der Waals surface area contributed by atoms with Gasteiger partial charge in [0.15, 0.2) is 0 Å². The predicted octanol–water partition coefficient (Wildman–Crippen LogP) is 8.26. The van der Waals surface area contributed by atoms with E-state index in [1.165, 1.54) is 56.9 Å². The average Bonchev–Trinajstić information content (AvgIpc) is 4.20. The summed E-state index contributed by atoms with van der Waals surface area (Å²) in [5, 5.41) is 5.52. The molecule has 350 valence electrons. The van der Waals surface area contributed by atoms with Gasteiger partial charge in [-0.15, -0.1) is 0 Å². The third-order valence-corrected chi connectivity index (χ3v) is 11.1. The highest BCUT2D eigenvalue weighted by Crippen LogP contribution is 2.39. The maximum Gasteiger partial charge on any atom is 0.387 e. The van der Waals surface area contributed by atoms with Crippen LogP contribution in [0.1, 0.15) is 59.2 Å². The molecule has 66 heavy (non-hydrogen) atoms. The number of pyridine rings is 2. The minimum absolute atomic E-state index is 0.0195. The van der Waals surface area contributed by atoms with E-state index in [1.807, 2.05) is 4.90 Å². The van der Waals surface area contributed by atoms with Gasteiger partial charge in [0.1, 0.15) is 63.6 Å². The first-order valence-corrected chi connectivity index (χ1v) is 21.0. The summed E-state index contributed by atoms with van der Waals surface area (Å²) in [6, 6.07) is 11.8. The number of methoxy groups -OCH3 is 2. The van der Waals surface area contributed by atoms with Crippen molar-refractivity contribution < 1.29 is 64.0 Å². The molecule has 5 heterocycles. The van der Waals surface area contributed by atoms with Crippen molar-refractivity contribution in [1.82, 2.24) is 34.3 Å². The topological polar surface area (TPSA) is 142 Å². The SMILES string of the molecule is COc1cc(-c2cnc3cc(F)ccn23)cc(OC(F)F)c1C(=O)NC1CC1.COc1cc(-c2cnc3cc(OCCN4CCC(F)(F)CC4)ccn23)cc(OC(F)F)c1C(=O)NC1CC1. The number of alkyl halides is 6. The van der Waals surface area contributed by atoms with Gasteiger partial charge in [-0.3, -0.25) is 23.3 Å². The minimum atomic E-state index is -3.13. The van der Waals surface area contributed by atoms with Gasteiger partial charge in [-0.25, -0.2) is 23.1 Å². The summed E-state index contributed by atoms with van der Waals surface area (Å²) in [6.45, 7) is -4.71. The molecule has 14 nitrogen and oxygen atoms in total. The van der Waals surface area contributed by atoms with Crippen LogP contribution in [0, 0.1) is 5.82 Å². The van der Waals surface area contributed by atoms with Crippen LogP contribution < -0.4 is 34.3 Å². The molecule has 2 aliphatic carbocycles. The first-order chi connectivity index (χ1) is 31.7. The number of hydrogen-bond donors (Lipinski definition) is 2. The number of piperidine rings is 1. The lowest BCUT2D eigenvalue weighted by atomic mass is 10.1. The summed E-state index contributed by atoms with van der Waals surface area (Å²) in [5.41, 5.74) is 2.65. The number of nitrogens with one attached hydrogen (secondary N) is 2. The Bertz CT molecular complexity index is 2710. The number of benzene rings is 2. The maximum absolute atomic E-state index is 13.4. The second-order valence-electron chi connectivity index (χ2n) is 15.9. The zero-order valence-electron chi connectivity index (χ0n) is 35.5. The van der Waals surface area contributed by atoms with Crippen LogP contribution in [0.15, 0.2) is 73.3 Å². The Morgan fingerprint density at radius 2 is 1.18 bits per heavy atom. The molecule has 3 aliphatic rings. The monoisotopic (exact) mass is 927 g/mol. The molecule has 2 amide bonds. The van der Waals surface area contributed by atoms with Crippen LogP contribution in [0.25, 0.3) is 33.8 Å². The van der Waals surface area contributed by atoms with Gasteiger partial charge in [0.2, 0.25) is 0 Å². The summed E-state index contributed by atoms with van der Waals surface area (Å²) in [4.78, 5) is 35.8. The highest BCUT2D eigenvalue weighted by molar-refractivity contribution is 6.01. The van der Waals surface area contributed by atoms with Crippen molar-refractivity contribution in [2.75, 3.05) is 40.5 Å². The van der Waals surface area contributed by atoms with Crippen LogP contribution >= 0.6 is 0 Å². The van der Waals surface area contributed by atoms with Crippen molar-refractivity contribution in [2.24, 2.45) is 0 Å². The average molecular weight is 928 g/mol. The van der Waals surface area contributed by atoms with Crippen molar-refractivity contribution in [3.05, 3.63) is 90.3 Å². The molecule has 0 spiro atoms.